The standard InChI is InChI=1S/C20H28N4O/c1-4-7-12-22-20(25)16-13-18(15-21-14-16)23-17-8-10-19(11-9-17)24(5-2)6-3/h8-11,13-15,23H,4-7,12H2,1-3H3,(H,22,25). The highest BCUT2D eigenvalue weighted by Crippen LogP contribution is 2.21. The van der Waals surface area contributed by atoms with Gasteiger partial charge in [-0.05, 0) is 50.6 Å². The Morgan fingerprint density at radius 2 is 1.76 bits per heavy atom. The van der Waals surface area contributed by atoms with Crippen LogP contribution in [0.15, 0.2) is 42.7 Å². The molecule has 0 spiro atoms. The van der Waals surface area contributed by atoms with Crippen LogP contribution in [0, 0.1) is 0 Å². The van der Waals surface area contributed by atoms with Crippen LogP contribution in [0.1, 0.15) is 44.0 Å². The van der Waals surface area contributed by atoms with E-state index in [4.69, 9.17) is 0 Å². The maximum atomic E-state index is 12.1. The molecule has 0 fully saturated rings. The Balaban J connectivity index is 2.03. The Morgan fingerprint density at radius 1 is 1.04 bits per heavy atom. The van der Waals surface area contributed by atoms with E-state index in [1.54, 1.807) is 12.4 Å². The molecule has 0 aliphatic heterocycles. The molecule has 1 aromatic carbocycles. The molecular formula is C20H28N4O. The molecule has 2 aromatic rings. The Bertz CT molecular complexity index is 666. The number of carbonyl (C=O) groups excluding carboxylic acids is 1. The van der Waals surface area contributed by atoms with E-state index in [1.807, 2.05) is 18.2 Å². The molecule has 0 aliphatic rings. The summed E-state index contributed by atoms with van der Waals surface area (Å²) in [4.78, 5) is 18.6. The molecule has 2 N–H and O–H groups in total. The van der Waals surface area contributed by atoms with Crippen LogP contribution in [0.3, 0.4) is 0 Å². The Kier molecular flexibility index (Phi) is 7.26. The molecule has 0 atom stereocenters. The first-order valence-electron chi connectivity index (χ1n) is 9.03. The largest absolute Gasteiger partial charge is 0.372 e. The van der Waals surface area contributed by atoms with E-state index in [2.05, 4.69) is 53.4 Å². The zero-order chi connectivity index (χ0) is 18.1. The lowest BCUT2D eigenvalue weighted by Crippen LogP contribution is -2.24. The van der Waals surface area contributed by atoms with Crippen LogP contribution < -0.4 is 15.5 Å². The van der Waals surface area contributed by atoms with Gasteiger partial charge in [-0.25, -0.2) is 0 Å². The highest BCUT2D eigenvalue weighted by Gasteiger charge is 2.07. The van der Waals surface area contributed by atoms with Gasteiger partial charge in [0.15, 0.2) is 0 Å². The van der Waals surface area contributed by atoms with Crippen LogP contribution in [0.2, 0.25) is 0 Å². The number of pyridine rings is 1. The SMILES string of the molecule is CCCCNC(=O)c1cncc(Nc2ccc(N(CC)CC)cc2)c1. The van der Waals surface area contributed by atoms with Crippen LogP contribution in [-0.4, -0.2) is 30.5 Å². The second-order valence-electron chi connectivity index (χ2n) is 5.92. The fourth-order valence-corrected chi connectivity index (χ4v) is 2.62. The molecule has 0 radical (unpaired) electrons. The van der Waals surface area contributed by atoms with Crippen LogP contribution >= 0.6 is 0 Å². The minimum Gasteiger partial charge on any atom is -0.372 e. The predicted octanol–water partition coefficient (Wildman–Crippen LogP) is 4.20. The van der Waals surface area contributed by atoms with Gasteiger partial charge in [-0.2, -0.15) is 0 Å². The van der Waals surface area contributed by atoms with E-state index in [9.17, 15) is 4.79 Å². The van der Waals surface area contributed by atoms with Crippen molar-refractivity contribution in [2.75, 3.05) is 29.9 Å². The van der Waals surface area contributed by atoms with E-state index in [1.165, 1.54) is 5.69 Å². The van der Waals surface area contributed by atoms with E-state index in [-0.39, 0.29) is 5.91 Å². The van der Waals surface area contributed by atoms with Gasteiger partial charge in [0.2, 0.25) is 0 Å². The smallest absolute Gasteiger partial charge is 0.252 e. The molecule has 134 valence electrons. The van der Waals surface area contributed by atoms with Gasteiger partial charge in [0.25, 0.3) is 5.91 Å². The molecule has 0 saturated carbocycles. The van der Waals surface area contributed by atoms with Crippen molar-refractivity contribution in [1.29, 1.82) is 0 Å². The second-order valence-corrected chi connectivity index (χ2v) is 5.92. The summed E-state index contributed by atoms with van der Waals surface area (Å²) in [5, 5.41) is 6.22. The number of rotatable bonds is 9. The van der Waals surface area contributed by atoms with Gasteiger partial charge in [-0.15, -0.1) is 0 Å². The molecule has 2 rings (SSSR count). The third kappa shape index (κ3) is 5.48. The number of hydrogen-bond donors (Lipinski definition) is 2. The normalized spacial score (nSPS) is 10.4. The Labute approximate surface area is 150 Å². The average molecular weight is 340 g/mol. The zero-order valence-electron chi connectivity index (χ0n) is 15.4. The second kappa shape index (κ2) is 9.67. The number of hydrogen-bond acceptors (Lipinski definition) is 4. The van der Waals surface area contributed by atoms with Crippen molar-refractivity contribution in [2.45, 2.75) is 33.6 Å². The summed E-state index contributed by atoms with van der Waals surface area (Å²) < 4.78 is 0. The van der Waals surface area contributed by atoms with E-state index < -0.39 is 0 Å². The summed E-state index contributed by atoms with van der Waals surface area (Å²) in [5.74, 6) is -0.0820. The molecule has 0 unspecified atom stereocenters. The van der Waals surface area contributed by atoms with Crippen LogP contribution in [0.4, 0.5) is 17.1 Å². The molecule has 25 heavy (non-hydrogen) atoms. The quantitative estimate of drug-likeness (QED) is 0.672. The number of anilines is 3. The number of unbranched alkanes of at least 4 members (excludes halogenated alkanes) is 1. The summed E-state index contributed by atoms with van der Waals surface area (Å²) >= 11 is 0. The number of nitrogens with one attached hydrogen (secondary N) is 2. The van der Waals surface area contributed by atoms with Crippen molar-refractivity contribution in [3.8, 4) is 0 Å². The van der Waals surface area contributed by atoms with Gasteiger partial charge >= 0.3 is 0 Å². The summed E-state index contributed by atoms with van der Waals surface area (Å²) in [5.41, 5.74) is 3.55. The Hall–Kier alpha value is -2.56. The van der Waals surface area contributed by atoms with Gasteiger partial charge in [0, 0.05) is 37.2 Å². The first kappa shape index (κ1) is 18.8. The number of amides is 1. The molecular weight excluding hydrogens is 312 g/mol. The monoisotopic (exact) mass is 340 g/mol. The highest BCUT2D eigenvalue weighted by atomic mass is 16.1. The maximum Gasteiger partial charge on any atom is 0.252 e. The van der Waals surface area contributed by atoms with Crippen molar-refractivity contribution in [3.63, 3.8) is 0 Å². The summed E-state index contributed by atoms with van der Waals surface area (Å²) in [6.45, 7) is 9.07. The highest BCUT2D eigenvalue weighted by molar-refractivity contribution is 5.94. The third-order valence-electron chi connectivity index (χ3n) is 4.10. The molecule has 5 heteroatoms. The average Bonchev–Trinajstić information content (AvgIpc) is 2.64. The summed E-state index contributed by atoms with van der Waals surface area (Å²) in [6.07, 6.45) is 5.36. The van der Waals surface area contributed by atoms with Gasteiger partial charge in [0.05, 0.1) is 17.4 Å². The zero-order valence-corrected chi connectivity index (χ0v) is 15.4. The third-order valence-corrected chi connectivity index (χ3v) is 4.10. The van der Waals surface area contributed by atoms with Gasteiger partial charge in [-0.3, -0.25) is 9.78 Å². The molecule has 0 bridgehead atoms. The molecule has 0 saturated heterocycles. The number of carbonyl (C=O) groups is 1. The van der Waals surface area contributed by atoms with Crippen molar-refractivity contribution in [1.82, 2.24) is 10.3 Å². The number of aromatic nitrogens is 1. The van der Waals surface area contributed by atoms with Crippen LogP contribution in [0.5, 0.6) is 0 Å². The topological polar surface area (TPSA) is 57.3 Å². The maximum absolute atomic E-state index is 12.1. The van der Waals surface area contributed by atoms with Gasteiger partial charge in [-0.1, -0.05) is 13.3 Å². The number of benzene rings is 1. The van der Waals surface area contributed by atoms with E-state index in [0.29, 0.717) is 12.1 Å². The molecule has 1 amide bonds. The van der Waals surface area contributed by atoms with Crippen molar-refractivity contribution >= 4 is 23.0 Å². The first-order chi connectivity index (χ1) is 12.2. The van der Waals surface area contributed by atoms with Crippen molar-refractivity contribution < 1.29 is 4.79 Å². The van der Waals surface area contributed by atoms with Gasteiger partial charge in [0.1, 0.15) is 0 Å². The first-order valence-corrected chi connectivity index (χ1v) is 9.03. The fraction of sp³-hybridized carbons (Fsp3) is 0.400. The fourth-order valence-electron chi connectivity index (χ4n) is 2.62. The summed E-state index contributed by atoms with van der Waals surface area (Å²) in [7, 11) is 0. The summed E-state index contributed by atoms with van der Waals surface area (Å²) in [6, 6.07) is 10.1. The lowest BCUT2D eigenvalue weighted by atomic mass is 10.2. The number of nitrogens with zero attached hydrogens (tertiary/aromatic N) is 2. The molecule has 1 heterocycles. The van der Waals surface area contributed by atoms with E-state index >= 15 is 0 Å². The lowest BCUT2D eigenvalue weighted by Gasteiger charge is -2.21. The molecule has 5 nitrogen and oxygen atoms in total. The molecule has 0 aliphatic carbocycles. The minimum absolute atomic E-state index is 0.0820. The van der Waals surface area contributed by atoms with Crippen LogP contribution in [0.25, 0.3) is 0 Å². The lowest BCUT2D eigenvalue weighted by molar-refractivity contribution is 0.0953. The van der Waals surface area contributed by atoms with Crippen LogP contribution in [-0.2, 0) is 0 Å². The van der Waals surface area contributed by atoms with Crippen molar-refractivity contribution in [2.24, 2.45) is 0 Å². The predicted molar refractivity (Wildman–Crippen MR) is 105 cm³/mol. The minimum atomic E-state index is -0.0820. The Morgan fingerprint density at radius 3 is 2.40 bits per heavy atom. The van der Waals surface area contributed by atoms with Gasteiger partial charge < -0.3 is 15.5 Å². The van der Waals surface area contributed by atoms with E-state index in [0.717, 1.165) is 37.3 Å². The van der Waals surface area contributed by atoms with Crippen molar-refractivity contribution in [3.05, 3.63) is 48.3 Å². The molecule has 1 aromatic heterocycles.